The molecule has 1 saturated heterocycles. The van der Waals surface area contributed by atoms with Crippen LogP contribution in [-0.2, 0) is 0 Å². The smallest absolute Gasteiger partial charge is 0.256 e. The van der Waals surface area contributed by atoms with Gasteiger partial charge in [-0.3, -0.25) is 4.79 Å². The Bertz CT molecular complexity index is 1310. The third kappa shape index (κ3) is 2.95. The first-order valence-electron chi connectivity index (χ1n) is 11.0. The quantitative estimate of drug-likeness (QED) is 0.493. The van der Waals surface area contributed by atoms with Crippen LogP contribution < -0.4 is 0 Å². The number of fused-ring (bicyclic) bond motifs is 2. The number of nitrogens with one attached hydrogen (secondary N) is 1. The molecule has 3 atom stereocenters. The maximum atomic E-state index is 13.9. The van der Waals surface area contributed by atoms with Crippen LogP contribution in [-0.4, -0.2) is 42.3 Å². The van der Waals surface area contributed by atoms with Crippen LogP contribution in [0.1, 0.15) is 47.1 Å². The van der Waals surface area contributed by atoms with Gasteiger partial charge in [-0.2, -0.15) is 15.0 Å². The highest BCUT2D eigenvalue weighted by molar-refractivity contribution is 6.32. The lowest BCUT2D eigenvalue weighted by molar-refractivity contribution is 0.0705. The average molecular weight is 447 g/mol. The van der Waals surface area contributed by atoms with E-state index in [1.165, 1.54) is 11.2 Å². The van der Waals surface area contributed by atoms with Gasteiger partial charge >= 0.3 is 0 Å². The number of hydrogen-bond donors (Lipinski definition) is 1. The Hall–Kier alpha value is -3.19. The van der Waals surface area contributed by atoms with Gasteiger partial charge in [-0.05, 0) is 61.4 Å². The van der Waals surface area contributed by atoms with Crippen LogP contribution in [0.15, 0.2) is 48.8 Å². The first-order chi connectivity index (χ1) is 15.6. The fraction of sp³-hybridized carbons (Fsp3) is 0.333. The predicted octanol–water partition coefficient (Wildman–Crippen LogP) is 4.72. The normalized spacial score (nSPS) is 22.6. The van der Waals surface area contributed by atoms with E-state index in [1.54, 1.807) is 12.4 Å². The van der Waals surface area contributed by atoms with Crippen molar-refractivity contribution in [1.82, 2.24) is 29.9 Å². The number of benzene rings is 2. The van der Waals surface area contributed by atoms with Crippen molar-refractivity contribution in [1.29, 1.82) is 0 Å². The van der Waals surface area contributed by atoms with Crippen LogP contribution >= 0.6 is 11.6 Å². The summed E-state index contributed by atoms with van der Waals surface area (Å²) in [5.41, 5.74) is 4.08. The fourth-order valence-electron chi connectivity index (χ4n) is 5.54. The maximum absolute atomic E-state index is 13.9. The molecule has 2 aromatic heterocycles. The van der Waals surface area contributed by atoms with Crippen LogP contribution in [0.2, 0.25) is 5.02 Å². The van der Waals surface area contributed by atoms with E-state index in [-0.39, 0.29) is 11.9 Å². The molecular weight excluding hydrogens is 424 g/mol. The van der Waals surface area contributed by atoms with Crippen molar-refractivity contribution in [3.63, 3.8) is 0 Å². The molecule has 162 valence electrons. The molecule has 1 amide bonds. The Labute approximate surface area is 190 Å². The number of H-pyrrole nitrogens is 1. The number of aromatic nitrogens is 5. The van der Waals surface area contributed by atoms with Crippen LogP contribution in [0.4, 0.5) is 0 Å². The van der Waals surface area contributed by atoms with E-state index in [0.29, 0.717) is 28.1 Å². The average Bonchev–Trinajstić information content (AvgIpc) is 3.59. The molecule has 1 N–H and O–H groups in total. The summed E-state index contributed by atoms with van der Waals surface area (Å²) in [6.45, 7) is 2.73. The SMILES string of the molecule is Cc1c(Cl)ccc2[nH]c([C@@H]3[C@H]4CCC[C@H]4CN3C(=O)c3ccccc3-n3nccn3)nc12. The minimum absolute atomic E-state index is 0.00693. The van der Waals surface area contributed by atoms with E-state index >= 15 is 0 Å². The van der Waals surface area contributed by atoms with E-state index < -0.39 is 0 Å². The Morgan fingerprint density at radius 1 is 1.12 bits per heavy atom. The third-order valence-electron chi connectivity index (χ3n) is 7.06. The Balaban J connectivity index is 1.44. The predicted molar refractivity (Wildman–Crippen MR) is 122 cm³/mol. The van der Waals surface area contributed by atoms with Crippen LogP contribution in [0.25, 0.3) is 16.7 Å². The van der Waals surface area contributed by atoms with E-state index in [4.69, 9.17) is 16.6 Å². The van der Waals surface area contributed by atoms with E-state index in [0.717, 1.165) is 41.8 Å². The molecular formula is C24H23ClN6O. The monoisotopic (exact) mass is 446 g/mol. The second kappa shape index (κ2) is 7.45. The first-order valence-corrected chi connectivity index (χ1v) is 11.4. The zero-order valence-electron chi connectivity index (χ0n) is 17.7. The molecule has 0 radical (unpaired) electrons. The largest absolute Gasteiger partial charge is 0.340 e. The summed E-state index contributed by atoms with van der Waals surface area (Å²) < 4.78 is 0. The Morgan fingerprint density at radius 2 is 1.94 bits per heavy atom. The number of aryl methyl sites for hydroxylation is 1. The Morgan fingerprint density at radius 3 is 2.78 bits per heavy atom. The van der Waals surface area contributed by atoms with Gasteiger partial charge in [0.1, 0.15) is 5.82 Å². The molecule has 0 bridgehead atoms. The van der Waals surface area contributed by atoms with Crippen molar-refractivity contribution in [2.24, 2.45) is 11.8 Å². The number of likely N-dealkylation sites (tertiary alicyclic amines) is 1. The van der Waals surface area contributed by atoms with Crippen molar-refractivity contribution < 1.29 is 4.79 Å². The number of carbonyl (C=O) groups excluding carboxylic acids is 1. The molecule has 0 spiro atoms. The number of aromatic amines is 1. The van der Waals surface area contributed by atoms with Crippen LogP contribution in [0.3, 0.4) is 0 Å². The molecule has 3 heterocycles. The number of rotatable bonds is 3. The van der Waals surface area contributed by atoms with E-state index in [9.17, 15) is 4.79 Å². The Kier molecular flexibility index (Phi) is 4.54. The molecule has 1 aliphatic heterocycles. The molecule has 32 heavy (non-hydrogen) atoms. The lowest BCUT2D eigenvalue weighted by Crippen LogP contribution is -2.34. The molecule has 6 rings (SSSR count). The van der Waals surface area contributed by atoms with Gasteiger partial charge < -0.3 is 9.88 Å². The van der Waals surface area contributed by atoms with Crippen LogP contribution in [0, 0.1) is 18.8 Å². The summed E-state index contributed by atoms with van der Waals surface area (Å²) >= 11 is 6.34. The lowest BCUT2D eigenvalue weighted by atomic mass is 9.93. The number of nitrogens with zero attached hydrogens (tertiary/aromatic N) is 5. The topological polar surface area (TPSA) is 79.7 Å². The third-order valence-corrected chi connectivity index (χ3v) is 7.47. The highest BCUT2D eigenvalue weighted by Gasteiger charge is 2.48. The molecule has 2 aromatic carbocycles. The van der Waals surface area contributed by atoms with Gasteiger partial charge in [0.15, 0.2) is 0 Å². The summed E-state index contributed by atoms with van der Waals surface area (Å²) in [6, 6.07) is 11.3. The summed E-state index contributed by atoms with van der Waals surface area (Å²) in [6.07, 6.45) is 6.70. The van der Waals surface area contributed by atoms with Gasteiger partial charge in [-0.15, -0.1) is 0 Å². The fourth-order valence-corrected chi connectivity index (χ4v) is 5.69. The molecule has 4 aromatic rings. The minimum Gasteiger partial charge on any atom is -0.340 e. The molecule has 0 unspecified atom stereocenters. The zero-order chi connectivity index (χ0) is 21.8. The van der Waals surface area contributed by atoms with Gasteiger partial charge in [-0.25, -0.2) is 4.98 Å². The molecule has 2 fully saturated rings. The minimum atomic E-state index is -0.0841. The summed E-state index contributed by atoms with van der Waals surface area (Å²) in [4.78, 5) is 25.9. The zero-order valence-corrected chi connectivity index (χ0v) is 18.5. The maximum Gasteiger partial charge on any atom is 0.256 e. The highest BCUT2D eigenvalue weighted by atomic mass is 35.5. The summed E-state index contributed by atoms with van der Waals surface area (Å²) in [5.74, 6) is 1.75. The molecule has 7 nitrogen and oxygen atoms in total. The van der Waals surface area contributed by atoms with Crippen molar-refractivity contribution in [3.8, 4) is 5.69 Å². The molecule has 8 heteroatoms. The first kappa shape index (κ1) is 19.5. The molecule has 1 saturated carbocycles. The van der Waals surface area contributed by atoms with E-state index in [2.05, 4.69) is 15.2 Å². The van der Waals surface area contributed by atoms with Gasteiger partial charge in [0, 0.05) is 11.6 Å². The van der Waals surface area contributed by atoms with Crippen LogP contribution in [0.5, 0.6) is 0 Å². The standard InChI is InChI=1S/C24H23ClN6O/c1-14-18(25)9-10-19-21(14)29-23(28-19)22-16-7-4-5-15(16)13-30(22)24(32)17-6-2-3-8-20(17)31-26-11-12-27-31/h2-3,6,8-12,15-16,22H,4-5,7,13H2,1H3,(H,28,29)/t15-,16-,22-/m0/s1. The van der Waals surface area contributed by atoms with Gasteiger partial charge in [0.25, 0.3) is 5.91 Å². The number of amides is 1. The molecule has 1 aliphatic carbocycles. The number of carbonyl (C=O) groups is 1. The van der Waals surface area contributed by atoms with Gasteiger partial charge in [0.2, 0.25) is 0 Å². The number of halogens is 1. The summed E-state index contributed by atoms with van der Waals surface area (Å²) in [5, 5.41) is 9.19. The highest BCUT2D eigenvalue weighted by Crippen LogP contribution is 2.49. The lowest BCUT2D eigenvalue weighted by Gasteiger charge is -2.27. The number of para-hydroxylation sites is 1. The van der Waals surface area contributed by atoms with Gasteiger partial charge in [0.05, 0.1) is 40.7 Å². The second-order valence-electron chi connectivity index (χ2n) is 8.78. The molecule has 2 aliphatic rings. The van der Waals surface area contributed by atoms with Crippen molar-refractivity contribution in [2.75, 3.05) is 6.54 Å². The summed E-state index contributed by atoms with van der Waals surface area (Å²) in [7, 11) is 0. The number of hydrogen-bond acceptors (Lipinski definition) is 4. The van der Waals surface area contributed by atoms with Gasteiger partial charge in [-0.1, -0.05) is 30.2 Å². The van der Waals surface area contributed by atoms with Crippen molar-refractivity contribution >= 4 is 28.5 Å². The van der Waals surface area contributed by atoms with Crippen molar-refractivity contribution in [2.45, 2.75) is 32.2 Å². The van der Waals surface area contributed by atoms with Crippen molar-refractivity contribution in [3.05, 3.63) is 70.8 Å². The van der Waals surface area contributed by atoms with E-state index in [1.807, 2.05) is 48.2 Å². The second-order valence-corrected chi connectivity index (χ2v) is 9.19. The number of imidazole rings is 1.